The fourth-order valence-corrected chi connectivity index (χ4v) is 1.96. The number of nitrogens with two attached hydrogens (primary N) is 1. The summed E-state index contributed by atoms with van der Waals surface area (Å²) in [4.78, 5) is 0. The number of hydrogen-bond donors (Lipinski definition) is 1. The highest BCUT2D eigenvalue weighted by Gasteiger charge is 2.00. The first kappa shape index (κ1) is 13.3. The predicted octanol–water partition coefficient (Wildman–Crippen LogP) is 3.43. The second kappa shape index (κ2) is 10.4. The molecule has 0 spiro atoms. The number of rotatable bonds is 9. The van der Waals surface area contributed by atoms with Gasteiger partial charge in [0.1, 0.15) is 0 Å². The summed E-state index contributed by atoms with van der Waals surface area (Å²) >= 11 is 1.90. The van der Waals surface area contributed by atoms with Gasteiger partial charge in [-0.2, -0.15) is 11.8 Å². The van der Waals surface area contributed by atoms with Crippen LogP contribution in [0.1, 0.15) is 51.9 Å². The van der Waals surface area contributed by atoms with Crippen molar-refractivity contribution in [2.75, 3.05) is 12.0 Å². The highest BCUT2D eigenvalue weighted by Crippen LogP contribution is 2.09. The highest BCUT2D eigenvalue weighted by molar-refractivity contribution is 7.98. The summed E-state index contributed by atoms with van der Waals surface area (Å²) in [5.74, 6) is 1.22. The van der Waals surface area contributed by atoms with Crippen molar-refractivity contribution in [3.8, 4) is 0 Å². The van der Waals surface area contributed by atoms with E-state index in [1.165, 1.54) is 50.7 Å². The molecule has 0 saturated heterocycles. The SMILES string of the molecule is CCCCCCCC(N)CCSC. The van der Waals surface area contributed by atoms with Gasteiger partial charge in [-0.15, -0.1) is 0 Å². The first-order chi connectivity index (χ1) is 6.31. The molecule has 0 aromatic rings. The lowest BCUT2D eigenvalue weighted by Crippen LogP contribution is -2.20. The van der Waals surface area contributed by atoms with E-state index >= 15 is 0 Å². The third-order valence-corrected chi connectivity index (χ3v) is 3.02. The number of unbranched alkanes of at least 4 members (excludes halogenated alkanes) is 4. The van der Waals surface area contributed by atoms with E-state index in [0.717, 1.165) is 0 Å². The molecular weight excluding hydrogens is 178 g/mol. The quantitative estimate of drug-likeness (QED) is 0.581. The van der Waals surface area contributed by atoms with Gasteiger partial charge in [0.05, 0.1) is 0 Å². The molecule has 80 valence electrons. The van der Waals surface area contributed by atoms with Gasteiger partial charge in [-0.25, -0.2) is 0 Å². The Kier molecular flexibility index (Phi) is 10.6. The molecule has 0 bridgehead atoms. The van der Waals surface area contributed by atoms with Crippen LogP contribution in [-0.2, 0) is 0 Å². The lowest BCUT2D eigenvalue weighted by atomic mass is 10.1. The van der Waals surface area contributed by atoms with E-state index in [1.807, 2.05) is 11.8 Å². The molecule has 0 aliphatic heterocycles. The van der Waals surface area contributed by atoms with Crippen molar-refractivity contribution >= 4 is 11.8 Å². The molecule has 2 N–H and O–H groups in total. The van der Waals surface area contributed by atoms with Crippen molar-refractivity contribution in [2.45, 2.75) is 57.9 Å². The summed E-state index contributed by atoms with van der Waals surface area (Å²) in [6.07, 6.45) is 11.4. The summed E-state index contributed by atoms with van der Waals surface area (Å²) in [5.41, 5.74) is 5.96. The van der Waals surface area contributed by atoms with Gasteiger partial charge >= 0.3 is 0 Å². The molecule has 0 aromatic carbocycles. The van der Waals surface area contributed by atoms with Crippen LogP contribution in [-0.4, -0.2) is 18.1 Å². The first-order valence-corrected chi connectivity index (χ1v) is 6.95. The molecule has 13 heavy (non-hydrogen) atoms. The maximum Gasteiger partial charge on any atom is 0.00466 e. The third-order valence-electron chi connectivity index (χ3n) is 2.37. The van der Waals surface area contributed by atoms with E-state index in [-0.39, 0.29) is 0 Å². The van der Waals surface area contributed by atoms with Crippen LogP contribution in [0.25, 0.3) is 0 Å². The van der Waals surface area contributed by atoms with Crippen LogP contribution in [0, 0.1) is 0 Å². The van der Waals surface area contributed by atoms with E-state index in [4.69, 9.17) is 5.73 Å². The van der Waals surface area contributed by atoms with Crippen LogP contribution in [0.15, 0.2) is 0 Å². The van der Waals surface area contributed by atoms with Crippen LogP contribution in [0.4, 0.5) is 0 Å². The van der Waals surface area contributed by atoms with Gasteiger partial charge in [0, 0.05) is 6.04 Å². The van der Waals surface area contributed by atoms with E-state index < -0.39 is 0 Å². The van der Waals surface area contributed by atoms with Crippen LogP contribution in [0.2, 0.25) is 0 Å². The maximum absolute atomic E-state index is 5.96. The predicted molar refractivity (Wildman–Crippen MR) is 64.4 cm³/mol. The number of thioether (sulfide) groups is 1. The lowest BCUT2D eigenvalue weighted by molar-refractivity contribution is 0.533. The van der Waals surface area contributed by atoms with Gasteiger partial charge in [-0.1, -0.05) is 39.0 Å². The lowest BCUT2D eigenvalue weighted by Gasteiger charge is -2.09. The minimum Gasteiger partial charge on any atom is -0.328 e. The number of hydrogen-bond acceptors (Lipinski definition) is 2. The van der Waals surface area contributed by atoms with E-state index in [1.54, 1.807) is 0 Å². The van der Waals surface area contributed by atoms with Crippen LogP contribution >= 0.6 is 11.8 Å². The molecule has 0 amide bonds. The molecule has 1 nitrogen and oxygen atoms in total. The van der Waals surface area contributed by atoms with Crippen LogP contribution in [0.5, 0.6) is 0 Å². The maximum atomic E-state index is 5.96. The van der Waals surface area contributed by atoms with Gasteiger partial charge in [-0.05, 0) is 24.9 Å². The van der Waals surface area contributed by atoms with Crippen LogP contribution in [0.3, 0.4) is 0 Å². The molecule has 0 heterocycles. The molecule has 1 unspecified atom stereocenters. The molecule has 0 aliphatic rings. The van der Waals surface area contributed by atoms with Crippen molar-refractivity contribution in [3.05, 3.63) is 0 Å². The molecule has 2 heteroatoms. The standard InChI is InChI=1S/C11H25NS/c1-3-4-5-6-7-8-11(12)9-10-13-2/h11H,3-10,12H2,1-2H3. The molecule has 0 saturated carbocycles. The Bertz CT molecular complexity index is 96.1. The van der Waals surface area contributed by atoms with Crippen molar-refractivity contribution in [1.29, 1.82) is 0 Å². The molecule has 1 atom stereocenters. The molecular formula is C11H25NS. The summed E-state index contributed by atoms with van der Waals surface area (Å²) in [7, 11) is 0. The second-order valence-corrected chi connectivity index (χ2v) is 4.73. The largest absolute Gasteiger partial charge is 0.328 e. The summed E-state index contributed by atoms with van der Waals surface area (Å²) < 4.78 is 0. The Morgan fingerprint density at radius 3 is 2.38 bits per heavy atom. The van der Waals surface area contributed by atoms with E-state index in [0.29, 0.717) is 6.04 Å². The average Bonchev–Trinajstić information content (AvgIpc) is 2.14. The Balaban J connectivity index is 3.03. The fraction of sp³-hybridized carbons (Fsp3) is 1.00. The zero-order valence-electron chi connectivity index (χ0n) is 9.22. The third kappa shape index (κ3) is 10.2. The fourth-order valence-electron chi connectivity index (χ4n) is 1.42. The van der Waals surface area contributed by atoms with Crippen LogP contribution < -0.4 is 5.73 Å². The Morgan fingerprint density at radius 1 is 1.08 bits per heavy atom. The summed E-state index contributed by atoms with van der Waals surface area (Å²) in [6, 6.07) is 0.453. The monoisotopic (exact) mass is 203 g/mol. The van der Waals surface area contributed by atoms with Gasteiger partial charge < -0.3 is 5.73 Å². The minimum absolute atomic E-state index is 0.453. The molecule has 0 fully saturated rings. The Labute approximate surface area is 87.9 Å². The van der Waals surface area contributed by atoms with E-state index in [9.17, 15) is 0 Å². The van der Waals surface area contributed by atoms with Gasteiger partial charge in [0.15, 0.2) is 0 Å². The minimum atomic E-state index is 0.453. The first-order valence-electron chi connectivity index (χ1n) is 5.55. The van der Waals surface area contributed by atoms with Crippen molar-refractivity contribution in [1.82, 2.24) is 0 Å². The highest BCUT2D eigenvalue weighted by atomic mass is 32.2. The second-order valence-electron chi connectivity index (χ2n) is 3.74. The van der Waals surface area contributed by atoms with Gasteiger partial charge in [-0.3, -0.25) is 0 Å². The van der Waals surface area contributed by atoms with E-state index in [2.05, 4.69) is 13.2 Å². The Morgan fingerprint density at radius 2 is 1.77 bits per heavy atom. The topological polar surface area (TPSA) is 26.0 Å². The normalized spacial score (nSPS) is 13.2. The molecule has 0 aromatic heterocycles. The average molecular weight is 203 g/mol. The van der Waals surface area contributed by atoms with Gasteiger partial charge in [0.25, 0.3) is 0 Å². The molecule has 0 rings (SSSR count). The van der Waals surface area contributed by atoms with Crippen molar-refractivity contribution in [3.63, 3.8) is 0 Å². The smallest absolute Gasteiger partial charge is 0.00466 e. The summed E-state index contributed by atoms with van der Waals surface area (Å²) in [5, 5.41) is 0. The Hall–Kier alpha value is 0.310. The zero-order valence-corrected chi connectivity index (χ0v) is 10.0. The van der Waals surface area contributed by atoms with Crippen molar-refractivity contribution < 1.29 is 0 Å². The zero-order chi connectivity index (χ0) is 9.94. The summed E-state index contributed by atoms with van der Waals surface area (Å²) in [6.45, 7) is 2.25. The molecule has 0 aliphatic carbocycles. The van der Waals surface area contributed by atoms with Crippen molar-refractivity contribution in [2.24, 2.45) is 5.73 Å². The van der Waals surface area contributed by atoms with Gasteiger partial charge in [0.2, 0.25) is 0 Å². The molecule has 0 radical (unpaired) electrons.